The smallest absolute Gasteiger partial charge is 0.221 e. The van der Waals surface area contributed by atoms with Gasteiger partial charge in [-0.15, -0.1) is 0 Å². The normalized spacial score (nSPS) is 11.7. The molecule has 1 aromatic carbocycles. The van der Waals surface area contributed by atoms with Gasteiger partial charge in [-0.05, 0) is 31.0 Å². The van der Waals surface area contributed by atoms with Crippen molar-refractivity contribution in [1.29, 1.82) is 0 Å². The molecule has 0 aliphatic rings. The van der Waals surface area contributed by atoms with Crippen LogP contribution in [0.1, 0.15) is 32.3 Å². The van der Waals surface area contributed by atoms with Crippen LogP contribution in [0.15, 0.2) is 24.3 Å². The van der Waals surface area contributed by atoms with Gasteiger partial charge in [-0.3, -0.25) is 9.59 Å². The third-order valence-corrected chi connectivity index (χ3v) is 2.56. The highest BCUT2D eigenvalue weighted by Gasteiger charge is 2.04. The van der Waals surface area contributed by atoms with Gasteiger partial charge in [0.05, 0.1) is 0 Å². The molecule has 1 rings (SSSR count). The summed E-state index contributed by atoms with van der Waals surface area (Å²) >= 11 is 0. The first-order valence-corrected chi connectivity index (χ1v) is 6.36. The Bertz CT molecular complexity index is 444. The lowest BCUT2D eigenvalue weighted by Crippen LogP contribution is -2.25. The quantitative estimate of drug-likeness (QED) is 0.725. The molecule has 2 amide bonds. The first-order chi connectivity index (χ1) is 8.97. The maximum absolute atomic E-state index is 11.5. The van der Waals surface area contributed by atoms with Crippen molar-refractivity contribution in [2.75, 3.05) is 5.32 Å². The van der Waals surface area contributed by atoms with Crippen molar-refractivity contribution in [3.05, 3.63) is 29.8 Å². The Morgan fingerprint density at radius 2 is 2.11 bits per heavy atom. The summed E-state index contributed by atoms with van der Waals surface area (Å²) in [6.45, 7) is 3.79. The van der Waals surface area contributed by atoms with E-state index in [9.17, 15) is 9.59 Å². The van der Waals surface area contributed by atoms with Crippen molar-refractivity contribution < 1.29 is 9.59 Å². The largest absolute Gasteiger partial charge is 0.352 e. The topological polar surface area (TPSA) is 84.2 Å². The third kappa shape index (κ3) is 6.57. The van der Waals surface area contributed by atoms with Gasteiger partial charge < -0.3 is 16.4 Å². The van der Waals surface area contributed by atoms with Crippen molar-refractivity contribution in [2.24, 2.45) is 5.73 Å². The lowest BCUT2D eigenvalue weighted by atomic mass is 10.1. The van der Waals surface area contributed by atoms with Crippen LogP contribution in [-0.2, 0) is 16.1 Å². The summed E-state index contributed by atoms with van der Waals surface area (Å²) in [7, 11) is 0. The number of hydrogen-bond donors (Lipinski definition) is 3. The van der Waals surface area contributed by atoms with Crippen LogP contribution in [0.5, 0.6) is 0 Å². The molecule has 4 N–H and O–H groups in total. The summed E-state index contributed by atoms with van der Waals surface area (Å²) in [5.74, 6) is -0.125. The summed E-state index contributed by atoms with van der Waals surface area (Å²) in [6, 6.07) is 7.43. The Hall–Kier alpha value is -1.88. The molecule has 19 heavy (non-hydrogen) atoms. The molecule has 0 fully saturated rings. The van der Waals surface area contributed by atoms with Gasteiger partial charge in [0.2, 0.25) is 11.8 Å². The highest BCUT2D eigenvalue weighted by atomic mass is 16.2. The molecule has 5 nitrogen and oxygen atoms in total. The Kier molecular flexibility index (Phi) is 6.02. The van der Waals surface area contributed by atoms with Crippen molar-refractivity contribution in [2.45, 2.75) is 39.3 Å². The Balaban J connectivity index is 2.44. The third-order valence-electron chi connectivity index (χ3n) is 2.56. The number of carbonyl (C=O) groups excluding carboxylic acids is 2. The number of hydrogen-bond acceptors (Lipinski definition) is 3. The first-order valence-electron chi connectivity index (χ1n) is 6.36. The highest BCUT2D eigenvalue weighted by Crippen LogP contribution is 2.10. The minimum Gasteiger partial charge on any atom is -0.352 e. The van der Waals surface area contributed by atoms with Gasteiger partial charge in [0, 0.05) is 31.6 Å². The standard InChI is InChI=1S/C14H21N3O2/c1-10(15)6-7-14(19)16-9-12-4-3-5-13(8-12)17-11(2)18/h3-5,8,10H,6-7,9,15H2,1-2H3,(H,16,19)(H,17,18). The number of carbonyl (C=O) groups is 2. The molecule has 1 aromatic rings. The van der Waals surface area contributed by atoms with E-state index in [1.54, 1.807) is 0 Å². The molecule has 0 aliphatic heterocycles. The predicted molar refractivity (Wildman–Crippen MR) is 75.5 cm³/mol. The van der Waals surface area contributed by atoms with Crippen molar-refractivity contribution in [3.63, 3.8) is 0 Å². The summed E-state index contributed by atoms with van der Waals surface area (Å²) < 4.78 is 0. The van der Waals surface area contributed by atoms with Crippen molar-refractivity contribution in [3.8, 4) is 0 Å². The zero-order valence-electron chi connectivity index (χ0n) is 11.4. The lowest BCUT2D eigenvalue weighted by molar-refractivity contribution is -0.121. The van der Waals surface area contributed by atoms with Gasteiger partial charge in [0.15, 0.2) is 0 Å². The maximum Gasteiger partial charge on any atom is 0.221 e. The van der Waals surface area contributed by atoms with E-state index in [0.717, 1.165) is 11.3 Å². The molecular weight excluding hydrogens is 242 g/mol. The van der Waals surface area contributed by atoms with E-state index in [4.69, 9.17) is 5.73 Å². The second-order valence-electron chi connectivity index (χ2n) is 4.67. The van der Waals surface area contributed by atoms with Gasteiger partial charge in [-0.1, -0.05) is 12.1 Å². The van der Waals surface area contributed by atoms with Crippen LogP contribution in [0.2, 0.25) is 0 Å². The minimum atomic E-state index is -0.113. The molecule has 0 bridgehead atoms. The molecular formula is C14H21N3O2. The summed E-state index contributed by atoms with van der Waals surface area (Å²) in [5, 5.41) is 5.53. The number of amides is 2. The monoisotopic (exact) mass is 263 g/mol. The Morgan fingerprint density at radius 1 is 1.37 bits per heavy atom. The van der Waals surface area contributed by atoms with E-state index in [0.29, 0.717) is 19.4 Å². The molecule has 0 aromatic heterocycles. The van der Waals surface area contributed by atoms with Gasteiger partial charge >= 0.3 is 0 Å². The molecule has 0 spiro atoms. The van der Waals surface area contributed by atoms with E-state index in [2.05, 4.69) is 10.6 Å². The van der Waals surface area contributed by atoms with E-state index in [1.807, 2.05) is 31.2 Å². The van der Waals surface area contributed by atoms with Crippen LogP contribution in [0.4, 0.5) is 5.69 Å². The second kappa shape index (κ2) is 7.53. The molecule has 0 aliphatic carbocycles. The van der Waals surface area contributed by atoms with Gasteiger partial charge in [-0.25, -0.2) is 0 Å². The van der Waals surface area contributed by atoms with Gasteiger partial charge in [-0.2, -0.15) is 0 Å². The second-order valence-corrected chi connectivity index (χ2v) is 4.67. The highest BCUT2D eigenvalue weighted by molar-refractivity contribution is 5.88. The fourth-order valence-electron chi connectivity index (χ4n) is 1.61. The zero-order valence-corrected chi connectivity index (χ0v) is 11.4. The average molecular weight is 263 g/mol. The minimum absolute atomic E-state index is 0.0118. The zero-order chi connectivity index (χ0) is 14.3. The Labute approximate surface area is 113 Å². The van der Waals surface area contributed by atoms with E-state index >= 15 is 0 Å². The molecule has 1 atom stereocenters. The van der Waals surface area contributed by atoms with Crippen LogP contribution < -0.4 is 16.4 Å². The Morgan fingerprint density at radius 3 is 2.74 bits per heavy atom. The number of benzene rings is 1. The van der Waals surface area contributed by atoms with E-state index in [-0.39, 0.29) is 17.9 Å². The first kappa shape index (κ1) is 15.2. The number of nitrogens with two attached hydrogens (primary N) is 1. The molecule has 0 heterocycles. The van der Waals surface area contributed by atoms with Crippen LogP contribution in [0.3, 0.4) is 0 Å². The predicted octanol–water partition coefficient (Wildman–Crippen LogP) is 1.39. The fourth-order valence-corrected chi connectivity index (χ4v) is 1.61. The molecule has 5 heteroatoms. The summed E-state index contributed by atoms with van der Waals surface area (Å²) in [5.41, 5.74) is 7.27. The maximum atomic E-state index is 11.5. The molecule has 1 unspecified atom stereocenters. The van der Waals surface area contributed by atoms with Crippen LogP contribution in [-0.4, -0.2) is 17.9 Å². The molecule has 0 radical (unpaired) electrons. The number of anilines is 1. The lowest BCUT2D eigenvalue weighted by Gasteiger charge is -2.08. The van der Waals surface area contributed by atoms with E-state index < -0.39 is 0 Å². The molecule has 0 saturated carbocycles. The SMILES string of the molecule is CC(=O)Nc1cccc(CNC(=O)CCC(C)N)c1. The van der Waals surface area contributed by atoms with Crippen LogP contribution >= 0.6 is 0 Å². The van der Waals surface area contributed by atoms with E-state index in [1.165, 1.54) is 6.92 Å². The van der Waals surface area contributed by atoms with Gasteiger partial charge in [0.1, 0.15) is 0 Å². The number of nitrogens with one attached hydrogen (secondary N) is 2. The van der Waals surface area contributed by atoms with Crippen molar-refractivity contribution in [1.82, 2.24) is 5.32 Å². The van der Waals surface area contributed by atoms with Crippen LogP contribution in [0, 0.1) is 0 Å². The number of rotatable bonds is 6. The molecule has 104 valence electrons. The average Bonchev–Trinajstić information content (AvgIpc) is 2.33. The fraction of sp³-hybridized carbons (Fsp3) is 0.429. The summed E-state index contributed by atoms with van der Waals surface area (Å²) in [4.78, 5) is 22.5. The molecule has 0 saturated heterocycles. The van der Waals surface area contributed by atoms with Crippen LogP contribution in [0.25, 0.3) is 0 Å². The summed E-state index contributed by atoms with van der Waals surface area (Å²) in [6.07, 6.45) is 1.11. The van der Waals surface area contributed by atoms with Gasteiger partial charge in [0.25, 0.3) is 0 Å². The van der Waals surface area contributed by atoms with Crippen molar-refractivity contribution >= 4 is 17.5 Å².